The van der Waals surface area contributed by atoms with Gasteiger partial charge in [0.2, 0.25) is 0 Å². The van der Waals surface area contributed by atoms with Crippen molar-refractivity contribution in [2.24, 2.45) is 0 Å². The van der Waals surface area contributed by atoms with Crippen LogP contribution in [0.5, 0.6) is 11.5 Å². The van der Waals surface area contributed by atoms with Crippen LogP contribution in [-0.2, 0) is 11.2 Å². The Kier molecular flexibility index (Phi) is 5.76. The molecule has 0 amide bonds. The van der Waals surface area contributed by atoms with Gasteiger partial charge in [-0.1, -0.05) is 24.3 Å². The summed E-state index contributed by atoms with van der Waals surface area (Å²) >= 11 is 0. The molecule has 0 spiro atoms. The fourth-order valence-electron chi connectivity index (χ4n) is 1.99. The van der Waals surface area contributed by atoms with Gasteiger partial charge in [-0.15, -0.1) is 0 Å². The van der Waals surface area contributed by atoms with Gasteiger partial charge in [0.1, 0.15) is 5.75 Å². The molecule has 3 heteroatoms. The van der Waals surface area contributed by atoms with E-state index in [1.54, 1.807) is 12.1 Å². The fraction of sp³-hybridized carbons (Fsp3) is 0.333. The predicted molar refractivity (Wildman–Crippen MR) is 82.3 cm³/mol. The lowest BCUT2D eigenvalue weighted by Crippen LogP contribution is -2.04. The van der Waals surface area contributed by atoms with E-state index in [0.717, 1.165) is 18.4 Å². The van der Waals surface area contributed by atoms with Crippen LogP contribution in [0.15, 0.2) is 48.5 Å². The van der Waals surface area contributed by atoms with Crippen LogP contribution in [0, 0.1) is 5.82 Å². The van der Waals surface area contributed by atoms with E-state index < -0.39 is 0 Å². The van der Waals surface area contributed by atoms with Crippen molar-refractivity contribution in [3.63, 3.8) is 0 Å². The van der Waals surface area contributed by atoms with E-state index in [2.05, 4.69) is 0 Å². The van der Waals surface area contributed by atoms with E-state index in [9.17, 15) is 4.39 Å². The maximum Gasteiger partial charge on any atom is 0.165 e. The minimum atomic E-state index is -0.346. The Morgan fingerprint density at radius 1 is 1.05 bits per heavy atom. The highest BCUT2D eigenvalue weighted by atomic mass is 19.1. The minimum absolute atomic E-state index is 0.246. The molecule has 0 unspecified atom stereocenters. The lowest BCUT2D eigenvalue weighted by atomic mass is 10.1. The standard InChI is InChI=1S/C18H21FO2/c1-14(2)20-12-6-7-15-10-11-17(19)18(13-15)21-16-8-4-3-5-9-16/h3-5,8-11,13-14H,6-7,12H2,1-2H3. The number of benzene rings is 2. The summed E-state index contributed by atoms with van der Waals surface area (Å²) in [6.45, 7) is 4.75. The minimum Gasteiger partial charge on any atom is -0.454 e. The van der Waals surface area contributed by atoms with Crippen molar-refractivity contribution in [3.05, 3.63) is 59.9 Å². The summed E-state index contributed by atoms with van der Waals surface area (Å²) in [5.41, 5.74) is 1.05. The summed E-state index contributed by atoms with van der Waals surface area (Å²) in [6, 6.07) is 14.2. The Morgan fingerprint density at radius 2 is 1.81 bits per heavy atom. The maximum atomic E-state index is 13.8. The molecule has 0 bridgehead atoms. The molecule has 0 aliphatic rings. The van der Waals surface area contributed by atoms with E-state index in [-0.39, 0.29) is 17.7 Å². The number of para-hydroxylation sites is 1. The Bertz CT molecular complexity index is 552. The van der Waals surface area contributed by atoms with Gasteiger partial charge in [0.05, 0.1) is 6.10 Å². The Hall–Kier alpha value is -1.87. The predicted octanol–water partition coefficient (Wildman–Crippen LogP) is 4.98. The molecule has 0 aliphatic heterocycles. The van der Waals surface area contributed by atoms with Crippen LogP contribution < -0.4 is 4.74 Å². The van der Waals surface area contributed by atoms with Gasteiger partial charge in [-0.3, -0.25) is 0 Å². The van der Waals surface area contributed by atoms with Gasteiger partial charge in [0.25, 0.3) is 0 Å². The normalized spacial score (nSPS) is 10.9. The highest BCUT2D eigenvalue weighted by Crippen LogP contribution is 2.25. The van der Waals surface area contributed by atoms with Crippen LogP contribution in [-0.4, -0.2) is 12.7 Å². The van der Waals surface area contributed by atoms with Crippen LogP contribution in [0.25, 0.3) is 0 Å². The second-order valence-electron chi connectivity index (χ2n) is 5.20. The lowest BCUT2D eigenvalue weighted by Gasteiger charge is -2.10. The number of aryl methyl sites for hydroxylation is 1. The van der Waals surface area contributed by atoms with Crippen LogP contribution in [0.4, 0.5) is 4.39 Å². The molecule has 2 nitrogen and oxygen atoms in total. The first kappa shape index (κ1) is 15.5. The van der Waals surface area contributed by atoms with Crippen LogP contribution in [0.3, 0.4) is 0 Å². The Balaban J connectivity index is 1.97. The zero-order chi connectivity index (χ0) is 15.1. The van der Waals surface area contributed by atoms with Gasteiger partial charge in [-0.05, 0) is 56.5 Å². The number of hydrogen-bond donors (Lipinski definition) is 0. The molecule has 2 rings (SSSR count). The van der Waals surface area contributed by atoms with Crippen molar-refractivity contribution in [1.82, 2.24) is 0 Å². The first-order chi connectivity index (χ1) is 10.1. The molecule has 0 aromatic heterocycles. The molecular formula is C18H21FO2. The van der Waals surface area contributed by atoms with E-state index in [4.69, 9.17) is 9.47 Å². The van der Waals surface area contributed by atoms with Gasteiger partial charge in [0.15, 0.2) is 11.6 Å². The summed E-state index contributed by atoms with van der Waals surface area (Å²) in [5, 5.41) is 0. The van der Waals surface area contributed by atoms with Gasteiger partial charge < -0.3 is 9.47 Å². The third kappa shape index (κ3) is 5.20. The first-order valence-corrected chi connectivity index (χ1v) is 7.28. The number of ether oxygens (including phenoxy) is 2. The van der Waals surface area contributed by atoms with Crippen molar-refractivity contribution in [2.45, 2.75) is 32.8 Å². The molecule has 0 heterocycles. The molecule has 0 saturated carbocycles. The monoisotopic (exact) mass is 288 g/mol. The number of hydrogen-bond acceptors (Lipinski definition) is 2. The summed E-state index contributed by atoms with van der Waals surface area (Å²) in [4.78, 5) is 0. The average molecular weight is 288 g/mol. The SMILES string of the molecule is CC(C)OCCCc1ccc(F)c(Oc2ccccc2)c1. The van der Waals surface area contributed by atoms with Crippen molar-refractivity contribution in [3.8, 4) is 11.5 Å². The molecule has 2 aromatic carbocycles. The fourth-order valence-corrected chi connectivity index (χ4v) is 1.99. The van der Waals surface area contributed by atoms with E-state index in [1.807, 2.05) is 44.2 Å². The zero-order valence-electron chi connectivity index (χ0n) is 12.5. The number of halogens is 1. The van der Waals surface area contributed by atoms with Gasteiger partial charge in [-0.2, -0.15) is 0 Å². The highest BCUT2D eigenvalue weighted by molar-refractivity contribution is 5.35. The van der Waals surface area contributed by atoms with Crippen molar-refractivity contribution in [2.75, 3.05) is 6.61 Å². The first-order valence-electron chi connectivity index (χ1n) is 7.28. The third-order valence-corrected chi connectivity index (χ3v) is 3.03. The Labute approximate surface area is 125 Å². The highest BCUT2D eigenvalue weighted by Gasteiger charge is 2.06. The molecular weight excluding hydrogens is 267 g/mol. The summed E-state index contributed by atoms with van der Waals surface area (Å²) in [7, 11) is 0. The second-order valence-corrected chi connectivity index (χ2v) is 5.20. The molecule has 0 fully saturated rings. The second kappa shape index (κ2) is 7.79. The van der Waals surface area contributed by atoms with Crippen LogP contribution >= 0.6 is 0 Å². The number of rotatable bonds is 7. The van der Waals surface area contributed by atoms with Gasteiger partial charge in [-0.25, -0.2) is 4.39 Å². The van der Waals surface area contributed by atoms with Gasteiger partial charge >= 0.3 is 0 Å². The van der Waals surface area contributed by atoms with Gasteiger partial charge in [0, 0.05) is 6.61 Å². The quantitative estimate of drug-likeness (QED) is 0.669. The molecule has 2 aromatic rings. The van der Waals surface area contributed by atoms with E-state index in [0.29, 0.717) is 12.4 Å². The summed E-state index contributed by atoms with van der Waals surface area (Å²) in [6.07, 6.45) is 2.00. The molecule has 0 atom stereocenters. The van der Waals surface area contributed by atoms with Crippen molar-refractivity contribution in [1.29, 1.82) is 0 Å². The summed E-state index contributed by atoms with van der Waals surface area (Å²) < 4.78 is 24.9. The lowest BCUT2D eigenvalue weighted by molar-refractivity contribution is 0.0772. The topological polar surface area (TPSA) is 18.5 Å². The molecule has 112 valence electrons. The largest absolute Gasteiger partial charge is 0.454 e. The summed E-state index contributed by atoms with van der Waals surface area (Å²) in [5.74, 6) is 0.557. The zero-order valence-corrected chi connectivity index (χ0v) is 12.5. The Morgan fingerprint density at radius 3 is 2.52 bits per heavy atom. The van der Waals surface area contributed by atoms with E-state index in [1.165, 1.54) is 6.07 Å². The molecule has 0 N–H and O–H groups in total. The molecule has 0 aliphatic carbocycles. The van der Waals surface area contributed by atoms with Crippen molar-refractivity contribution >= 4 is 0 Å². The molecule has 21 heavy (non-hydrogen) atoms. The maximum absolute atomic E-state index is 13.8. The smallest absolute Gasteiger partial charge is 0.165 e. The average Bonchev–Trinajstić information content (AvgIpc) is 2.48. The molecule has 0 radical (unpaired) electrons. The van der Waals surface area contributed by atoms with Crippen molar-refractivity contribution < 1.29 is 13.9 Å². The van der Waals surface area contributed by atoms with Crippen LogP contribution in [0.1, 0.15) is 25.8 Å². The van der Waals surface area contributed by atoms with Crippen LogP contribution in [0.2, 0.25) is 0 Å². The van der Waals surface area contributed by atoms with E-state index >= 15 is 0 Å². The third-order valence-electron chi connectivity index (χ3n) is 3.03. The molecule has 0 saturated heterocycles.